The van der Waals surface area contributed by atoms with Crippen LogP contribution in [0.15, 0.2) is 24.9 Å². The molecule has 2 rings (SSSR count). The molecular formula is C11H13N. The molecule has 1 aliphatic rings. The molecule has 0 saturated carbocycles. The Labute approximate surface area is 73.1 Å². The number of allylic oxidation sites excluding steroid dienone is 1. The smallest absolute Gasteiger partial charge is 0.0687 e. The Morgan fingerprint density at radius 2 is 2.08 bits per heavy atom. The van der Waals surface area contributed by atoms with E-state index < -0.39 is 0 Å². The molecule has 62 valence electrons. The maximum Gasteiger partial charge on any atom is 0.0687 e. The van der Waals surface area contributed by atoms with E-state index in [4.69, 9.17) is 0 Å². The van der Waals surface area contributed by atoms with E-state index in [0.717, 1.165) is 12.1 Å². The maximum atomic E-state index is 4.36. The summed E-state index contributed by atoms with van der Waals surface area (Å²) in [4.78, 5) is 4.36. The van der Waals surface area contributed by atoms with Crippen molar-refractivity contribution in [3.63, 3.8) is 0 Å². The van der Waals surface area contributed by atoms with Crippen LogP contribution in [0.2, 0.25) is 0 Å². The predicted molar refractivity (Wildman–Crippen MR) is 50.8 cm³/mol. The van der Waals surface area contributed by atoms with Crippen LogP contribution in [0.5, 0.6) is 0 Å². The van der Waals surface area contributed by atoms with Crippen molar-refractivity contribution in [3.8, 4) is 0 Å². The molecule has 0 atom stereocenters. The van der Waals surface area contributed by atoms with E-state index in [1.54, 1.807) is 0 Å². The summed E-state index contributed by atoms with van der Waals surface area (Å²) in [5.41, 5.74) is 3.73. The number of nitrogens with zero attached hydrogens (tertiary/aromatic N) is 1. The van der Waals surface area contributed by atoms with Gasteiger partial charge in [-0.1, -0.05) is 12.6 Å². The van der Waals surface area contributed by atoms with Crippen LogP contribution < -0.4 is 0 Å². The lowest BCUT2D eigenvalue weighted by Gasteiger charge is -2.04. The molecule has 1 heterocycles. The van der Waals surface area contributed by atoms with Gasteiger partial charge in [-0.25, -0.2) is 0 Å². The van der Waals surface area contributed by atoms with Crippen LogP contribution in [-0.2, 0) is 6.42 Å². The first kappa shape index (κ1) is 7.53. The van der Waals surface area contributed by atoms with Crippen molar-refractivity contribution < 1.29 is 0 Å². The molecule has 0 aromatic carbocycles. The summed E-state index contributed by atoms with van der Waals surface area (Å²) in [6, 6.07) is 4.18. The highest BCUT2D eigenvalue weighted by molar-refractivity contribution is 5.63. The number of hydrogen-bond donors (Lipinski definition) is 0. The Kier molecular flexibility index (Phi) is 1.94. The van der Waals surface area contributed by atoms with E-state index >= 15 is 0 Å². The molecule has 0 spiro atoms. The first-order chi connectivity index (χ1) is 5.88. The van der Waals surface area contributed by atoms with Gasteiger partial charge in [0, 0.05) is 6.20 Å². The molecular weight excluding hydrogens is 146 g/mol. The zero-order chi connectivity index (χ0) is 8.39. The Hall–Kier alpha value is -1.11. The molecule has 1 aromatic rings. The molecule has 1 heteroatoms. The van der Waals surface area contributed by atoms with E-state index in [1.165, 1.54) is 30.4 Å². The third kappa shape index (κ3) is 1.27. The lowest BCUT2D eigenvalue weighted by molar-refractivity contribution is 0.771. The summed E-state index contributed by atoms with van der Waals surface area (Å²) in [7, 11) is 0. The summed E-state index contributed by atoms with van der Waals surface area (Å²) in [5, 5.41) is 0. The quantitative estimate of drug-likeness (QED) is 0.530. The molecule has 0 unspecified atom stereocenters. The van der Waals surface area contributed by atoms with Crippen LogP contribution in [0.25, 0.3) is 5.57 Å². The van der Waals surface area contributed by atoms with Gasteiger partial charge in [0.1, 0.15) is 0 Å². The second kappa shape index (κ2) is 3.10. The second-order valence-corrected chi connectivity index (χ2v) is 3.32. The van der Waals surface area contributed by atoms with Crippen molar-refractivity contribution in [1.29, 1.82) is 0 Å². The minimum Gasteiger partial charge on any atom is -0.256 e. The first-order valence-electron chi connectivity index (χ1n) is 4.50. The molecule has 0 radical (unpaired) electrons. The van der Waals surface area contributed by atoms with Gasteiger partial charge in [-0.3, -0.25) is 4.98 Å². The number of hydrogen-bond acceptors (Lipinski definition) is 1. The Balaban J connectivity index is 2.46. The van der Waals surface area contributed by atoms with Crippen molar-refractivity contribution in [2.45, 2.75) is 25.7 Å². The van der Waals surface area contributed by atoms with Crippen LogP contribution >= 0.6 is 0 Å². The summed E-state index contributed by atoms with van der Waals surface area (Å²) >= 11 is 0. The monoisotopic (exact) mass is 159 g/mol. The van der Waals surface area contributed by atoms with Crippen LogP contribution in [0, 0.1) is 0 Å². The molecule has 1 nitrogen and oxygen atoms in total. The van der Waals surface area contributed by atoms with Crippen molar-refractivity contribution in [2.24, 2.45) is 0 Å². The zero-order valence-corrected chi connectivity index (χ0v) is 7.21. The predicted octanol–water partition coefficient (Wildman–Crippen LogP) is 2.82. The van der Waals surface area contributed by atoms with E-state index in [0.29, 0.717) is 0 Å². The Morgan fingerprint density at radius 1 is 1.25 bits per heavy atom. The first-order valence-corrected chi connectivity index (χ1v) is 4.50. The fourth-order valence-electron chi connectivity index (χ4n) is 1.73. The SMILES string of the molecule is C=C1CCCCc2cccnc21. The average molecular weight is 159 g/mol. The van der Waals surface area contributed by atoms with Gasteiger partial charge in [0.15, 0.2) is 0 Å². The van der Waals surface area contributed by atoms with Gasteiger partial charge in [0.2, 0.25) is 0 Å². The molecule has 1 aliphatic carbocycles. The molecule has 12 heavy (non-hydrogen) atoms. The van der Waals surface area contributed by atoms with Crippen molar-refractivity contribution in [3.05, 3.63) is 36.2 Å². The van der Waals surface area contributed by atoms with E-state index in [-0.39, 0.29) is 0 Å². The number of aromatic nitrogens is 1. The number of fused-ring (bicyclic) bond motifs is 1. The number of rotatable bonds is 0. The van der Waals surface area contributed by atoms with Crippen molar-refractivity contribution >= 4 is 5.57 Å². The highest BCUT2D eigenvalue weighted by Gasteiger charge is 2.10. The fraction of sp³-hybridized carbons (Fsp3) is 0.364. The second-order valence-electron chi connectivity index (χ2n) is 3.32. The van der Waals surface area contributed by atoms with Gasteiger partial charge >= 0.3 is 0 Å². The highest BCUT2D eigenvalue weighted by Crippen LogP contribution is 2.25. The van der Waals surface area contributed by atoms with E-state index in [9.17, 15) is 0 Å². The summed E-state index contributed by atoms with van der Waals surface area (Å²) in [6.07, 6.45) is 6.68. The maximum absolute atomic E-state index is 4.36. The van der Waals surface area contributed by atoms with E-state index in [2.05, 4.69) is 17.6 Å². The third-order valence-electron chi connectivity index (χ3n) is 2.40. The van der Waals surface area contributed by atoms with Crippen molar-refractivity contribution in [1.82, 2.24) is 4.98 Å². The standard InChI is InChI=1S/C11H13N/c1-9-5-2-3-6-10-7-4-8-12-11(9)10/h4,7-8H,1-3,5-6H2. The molecule has 1 aromatic heterocycles. The van der Waals surface area contributed by atoms with Crippen LogP contribution in [0.3, 0.4) is 0 Å². The van der Waals surface area contributed by atoms with Gasteiger partial charge in [0.25, 0.3) is 0 Å². The zero-order valence-electron chi connectivity index (χ0n) is 7.21. The lowest BCUT2D eigenvalue weighted by atomic mass is 10.1. The van der Waals surface area contributed by atoms with Crippen LogP contribution in [0.4, 0.5) is 0 Å². The minimum absolute atomic E-state index is 1.12. The highest BCUT2D eigenvalue weighted by atomic mass is 14.7. The fourth-order valence-corrected chi connectivity index (χ4v) is 1.73. The number of aryl methyl sites for hydroxylation is 1. The van der Waals surface area contributed by atoms with Gasteiger partial charge < -0.3 is 0 Å². The van der Waals surface area contributed by atoms with Gasteiger partial charge in [-0.05, 0) is 42.9 Å². The summed E-state index contributed by atoms with van der Waals surface area (Å²) in [6.45, 7) is 4.05. The molecule has 0 amide bonds. The van der Waals surface area contributed by atoms with Gasteiger partial charge in [-0.2, -0.15) is 0 Å². The number of pyridine rings is 1. The Morgan fingerprint density at radius 3 is 3.00 bits per heavy atom. The Bertz CT molecular complexity index is 302. The largest absolute Gasteiger partial charge is 0.256 e. The third-order valence-corrected chi connectivity index (χ3v) is 2.40. The van der Waals surface area contributed by atoms with Crippen LogP contribution in [0.1, 0.15) is 30.5 Å². The molecule has 0 aliphatic heterocycles. The topological polar surface area (TPSA) is 12.9 Å². The minimum atomic E-state index is 1.12. The summed E-state index contributed by atoms with van der Waals surface area (Å²) in [5.74, 6) is 0. The lowest BCUT2D eigenvalue weighted by Crippen LogP contribution is -1.91. The molecule has 0 fully saturated rings. The summed E-state index contributed by atoms with van der Waals surface area (Å²) < 4.78 is 0. The van der Waals surface area contributed by atoms with Crippen molar-refractivity contribution in [2.75, 3.05) is 0 Å². The van der Waals surface area contributed by atoms with Gasteiger partial charge in [0.05, 0.1) is 5.69 Å². The average Bonchev–Trinajstić information content (AvgIpc) is 2.29. The normalized spacial score (nSPS) is 16.8. The molecule has 0 bridgehead atoms. The van der Waals surface area contributed by atoms with Gasteiger partial charge in [-0.15, -0.1) is 0 Å². The molecule has 0 N–H and O–H groups in total. The van der Waals surface area contributed by atoms with Crippen LogP contribution in [-0.4, -0.2) is 4.98 Å². The van der Waals surface area contributed by atoms with E-state index in [1.807, 2.05) is 12.3 Å². The molecule has 0 saturated heterocycles.